The molecule has 160 valence electrons. The van der Waals surface area contributed by atoms with Gasteiger partial charge in [0, 0.05) is 22.1 Å². The lowest BCUT2D eigenvalue weighted by Gasteiger charge is -2.05. The maximum absolute atomic E-state index is 11.7. The predicted octanol–water partition coefficient (Wildman–Crippen LogP) is 4.21. The number of para-hydroxylation sites is 2. The van der Waals surface area contributed by atoms with Crippen LogP contribution in [0.15, 0.2) is 86.9 Å². The van der Waals surface area contributed by atoms with E-state index in [1.165, 1.54) is 12.1 Å². The molecule has 2 heterocycles. The van der Waals surface area contributed by atoms with Crippen LogP contribution in [-0.2, 0) is 16.6 Å². The number of nitrogens with two attached hydrogens (primary N) is 1. The number of sulfonamides is 1. The van der Waals surface area contributed by atoms with E-state index in [2.05, 4.69) is 35.6 Å². The number of fused-ring (bicyclic) bond motifs is 1. The van der Waals surface area contributed by atoms with Gasteiger partial charge in [-0.3, -0.25) is 0 Å². The van der Waals surface area contributed by atoms with Crippen LogP contribution in [0, 0.1) is 0 Å². The Labute approximate surface area is 191 Å². The van der Waals surface area contributed by atoms with E-state index in [4.69, 9.17) is 9.66 Å². The molecular formula is C22H16BrN5O3S. The molecule has 0 saturated carbocycles. The molecule has 2 N–H and O–H groups in total. The molecule has 3 aromatic carbocycles. The fraction of sp³-hybridized carbons (Fsp3) is 0.0455. The Balaban J connectivity index is 1.40. The minimum Gasteiger partial charge on any atom is -0.334 e. The van der Waals surface area contributed by atoms with Crippen molar-refractivity contribution in [2.75, 3.05) is 0 Å². The van der Waals surface area contributed by atoms with Crippen molar-refractivity contribution in [2.45, 2.75) is 11.4 Å². The van der Waals surface area contributed by atoms with Gasteiger partial charge < -0.3 is 9.09 Å². The van der Waals surface area contributed by atoms with Gasteiger partial charge in [-0.2, -0.15) is 4.98 Å². The molecule has 5 aromatic rings. The molecule has 32 heavy (non-hydrogen) atoms. The lowest BCUT2D eigenvalue weighted by atomic mass is 10.1. The van der Waals surface area contributed by atoms with Gasteiger partial charge in [0.05, 0.1) is 22.3 Å². The quantitative estimate of drug-likeness (QED) is 0.379. The van der Waals surface area contributed by atoms with E-state index in [9.17, 15) is 8.42 Å². The molecule has 0 bridgehead atoms. The highest BCUT2D eigenvalue weighted by atomic mass is 79.9. The van der Waals surface area contributed by atoms with Crippen LogP contribution in [-0.4, -0.2) is 28.1 Å². The van der Waals surface area contributed by atoms with Crippen molar-refractivity contribution in [1.29, 1.82) is 0 Å². The second-order valence-electron chi connectivity index (χ2n) is 7.20. The van der Waals surface area contributed by atoms with Crippen LogP contribution < -0.4 is 5.14 Å². The third-order valence-corrected chi connectivity index (χ3v) is 6.32. The first-order chi connectivity index (χ1) is 15.4. The summed E-state index contributed by atoms with van der Waals surface area (Å²) in [6.45, 7) is 0.687. The highest BCUT2D eigenvalue weighted by Gasteiger charge is 2.16. The fourth-order valence-corrected chi connectivity index (χ4v) is 4.63. The summed E-state index contributed by atoms with van der Waals surface area (Å²) < 4.78 is 31.4. The average Bonchev–Trinajstić information content (AvgIpc) is 3.41. The van der Waals surface area contributed by atoms with Crippen LogP contribution in [0.3, 0.4) is 0 Å². The van der Waals surface area contributed by atoms with Crippen LogP contribution in [0.25, 0.3) is 33.9 Å². The maximum atomic E-state index is 11.7. The standard InChI is InChI=1S/C22H16BrN5O3S/c23-17-9-16(10-18(11-17)32(24,29)30)22-26-21(27-31-22)15-7-5-14(6-8-15)12-28-13-25-19-3-1-2-4-20(19)28/h1-11,13H,12H2,(H2,24,29,30). The molecule has 0 amide bonds. The van der Waals surface area contributed by atoms with E-state index >= 15 is 0 Å². The van der Waals surface area contributed by atoms with Crippen molar-refractivity contribution in [1.82, 2.24) is 19.7 Å². The lowest BCUT2D eigenvalue weighted by Crippen LogP contribution is -2.12. The second-order valence-corrected chi connectivity index (χ2v) is 9.68. The Bertz CT molecular complexity index is 1540. The van der Waals surface area contributed by atoms with E-state index in [-0.39, 0.29) is 10.8 Å². The van der Waals surface area contributed by atoms with Gasteiger partial charge in [-0.05, 0) is 35.9 Å². The first-order valence-corrected chi connectivity index (χ1v) is 11.9. The monoisotopic (exact) mass is 509 g/mol. The molecule has 0 spiro atoms. The number of aromatic nitrogens is 4. The highest BCUT2D eigenvalue weighted by Crippen LogP contribution is 2.28. The highest BCUT2D eigenvalue weighted by molar-refractivity contribution is 9.10. The summed E-state index contributed by atoms with van der Waals surface area (Å²) in [6, 6.07) is 20.3. The smallest absolute Gasteiger partial charge is 0.258 e. The summed E-state index contributed by atoms with van der Waals surface area (Å²) in [7, 11) is -3.87. The molecule has 10 heteroatoms. The second kappa shape index (κ2) is 7.97. The number of hydrogen-bond acceptors (Lipinski definition) is 6. The zero-order chi connectivity index (χ0) is 22.3. The first-order valence-electron chi connectivity index (χ1n) is 9.53. The molecule has 8 nitrogen and oxygen atoms in total. The first kappa shape index (κ1) is 20.6. The Morgan fingerprint density at radius 1 is 1.00 bits per heavy atom. The van der Waals surface area contributed by atoms with Gasteiger partial charge >= 0.3 is 0 Å². The number of primary sulfonamides is 1. The molecule has 0 radical (unpaired) electrons. The summed E-state index contributed by atoms with van der Waals surface area (Å²) in [5.41, 5.74) is 4.37. The van der Waals surface area contributed by atoms with Crippen LogP contribution >= 0.6 is 15.9 Å². The Morgan fingerprint density at radius 2 is 1.78 bits per heavy atom. The van der Waals surface area contributed by atoms with E-state index in [0.717, 1.165) is 22.2 Å². The fourth-order valence-electron chi connectivity index (χ4n) is 3.40. The van der Waals surface area contributed by atoms with Gasteiger partial charge in [0.1, 0.15) is 0 Å². The van der Waals surface area contributed by atoms with Crippen LogP contribution in [0.1, 0.15) is 5.56 Å². The maximum Gasteiger partial charge on any atom is 0.258 e. The number of imidazole rings is 1. The Morgan fingerprint density at radius 3 is 2.56 bits per heavy atom. The SMILES string of the molecule is NS(=O)(=O)c1cc(Br)cc(-c2nc(-c3ccc(Cn4cnc5ccccc54)cc3)no2)c1. The summed E-state index contributed by atoms with van der Waals surface area (Å²) >= 11 is 3.29. The normalized spacial score (nSPS) is 11.8. The lowest BCUT2D eigenvalue weighted by molar-refractivity contribution is 0.432. The van der Waals surface area contributed by atoms with Crippen LogP contribution in [0.4, 0.5) is 0 Å². The average molecular weight is 510 g/mol. The van der Waals surface area contributed by atoms with Gasteiger partial charge in [-0.15, -0.1) is 0 Å². The number of hydrogen-bond donors (Lipinski definition) is 1. The van der Waals surface area contributed by atoms with Crippen molar-refractivity contribution < 1.29 is 12.9 Å². The van der Waals surface area contributed by atoms with E-state index in [1.54, 1.807) is 6.07 Å². The minimum atomic E-state index is -3.87. The molecule has 5 rings (SSSR count). The third-order valence-electron chi connectivity index (χ3n) is 4.97. The van der Waals surface area contributed by atoms with Gasteiger partial charge in [-0.25, -0.2) is 18.5 Å². The molecule has 0 fully saturated rings. The molecular weight excluding hydrogens is 494 g/mol. The Kier molecular flexibility index (Phi) is 5.12. The van der Waals surface area contributed by atoms with Gasteiger partial charge in [0.2, 0.25) is 15.8 Å². The molecule has 0 atom stereocenters. The van der Waals surface area contributed by atoms with Gasteiger partial charge in [0.15, 0.2) is 0 Å². The Hall–Kier alpha value is -3.34. The van der Waals surface area contributed by atoms with Crippen molar-refractivity contribution in [3.8, 4) is 22.8 Å². The number of benzene rings is 3. The van der Waals surface area contributed by atoms with Gasteiger partial charge in [-0.1, -0.05) is 57.5 Å². The topological polar surface area (TPSA) is 117 Å². The number of halogens is 1. The number of nitrogens with zero attached hydrogens (tertiary/aromatic N) is 4. The molecule has 0 saturated heterocycles. The summed E-state index contributed by atoms with van der Waals surface area (Å²) in [4.78, 5) is 8.79. The minimum absolute atomic E-state index is 0.0435. The van der Waals surface area contributed by atoms with Crippen molar-refractivity contribution in [2.24, 2.45) is 5.14 Å². The largest absolute Gasteiger partial charge is 0.334 e. The third kappa shape index (κ3) is 4.07. The van der Waals surface area contributed by atoms with Crippen molar-refractivity contribution >= 4 is 37.0 Å². The summed E-state index contributed by atoms with van der Waals surface area (Å²) in [5, 5.41) is 9.27. The van der Waals surface area contributed by atoms with E-state index in [1.807, 2.05) is 54.9 Å². The van der Waals surface area contributed by atoms with Crippen molar-refractivity contribution in [3.05, 3.63) is 83.1 Å². The molecule has 0 aliphatic carbocycles. The van der Waals surface area contributed by atoms with Crippen LogP contribution in [0.5, 0.6) is 0 Å². The predicted molar refractivity (Wildman–Crippen MR) is 123 cm³/mol. The van der Waals surface area contributed by atoms with Crippen molar-refractivity contribution in [3.63, 3.8) is 0 Å². The van der Waals surface area contributed by atoms with Crippen LogP contribution in [0.2, 0.25) is 0 Å². The number of rotatable bonds is 5. The zero-order valence-corrected chi connectivity index (χ0v) is 18.9. The summed E-state index contributed by atoms with van der Waals surface area (Å²) in [6.07, 6.45) is 1.83. The molecule has 0 aliphatic heterocycles. The van der Waals surface area contributed by atoms with E-state index in [0.29, 0.717) is 22.4 Å². The molecule has 0 aliphatic rings. The van der Waals surface area contributed by atoms with E-state index < -0.39 is 10.0 Å². The molecule has 2 aromatic heterocycles. The summed E-state index contributed by atoms with van der Waals surface area (Å²) in [5.74, 6) is 0.594. The zero-order valence-electron chi connectivity index (χ0n) is 16.5. The van der Waals surface area contributed by atoms with Gasteiger partial charge in [0.25, 0.3) is 5.89 Å². The molecule has 0 unspecified atom stereocenters.